The Morgan fingerprint density at radius 2 is 1.88 bits per heavy atom. The number of halogens is 2. The largest absolute Gasteiger partial charge is 0.337 e. The molecular formula is C20H19F2N3O. The molecule has 1 saturated heterocycles. The smallest absolute Gasteiger partial charge is 0.248 e. The van der Waals surface area contributed by atoms with E-state index >= 15 is 0 Å². The zero-order chi connectivity index (χ0) is 17.9. The third kappa shape index (κ3) is 2.14. The molecule has 6 heteroatoms. The molecule has 1 unspecified atom stereocenters. The fraction of sp³-hybridized carbons (Fsp3) is 0.450. The molecule has 6 rings (SSSR count). The molecule has 26 heavy (non-hydrogen) atoms. The van der Waals surface area contributed by atoms with Crippen molar-refractivity contribution in [3.8, 4) is 0 Å². The fourth-order valence-electron chi connectivity index (χ4n) is 5.31. The number of aromatic nitrogens is 2. The summed E-state index contributed by atoms with van der Waals surface area (Å²) in [4.78, 5) is 22.3. The van der Waals surface area contributed by atoms with Crippen LogP contribution in [0.2, 0.25) is 0 Å². The number of rotatable bonds is 3. The molecule has 0 radical (unpaired) electrons. The van der Waals surface area contributed by atoms with Crippen molar-refractivity contribution in [1.82, 2.24) is 14.9 Å². The summed E-state index contributed by atoms with van der Waals surface area (Å²) in [6.45, 7) is 0.676. The van der Waals surface area contributed by atoms with Crippen LogP contribution in [-0.4, -0.2) is 32.9 Å². The van der Waals surface area contributed by atoms with E-state index in [0.717, 1.165) is 25.7 Å². The lowest BCUT2D eigenvalue weighted by molar-refractivity contribution is -0.189. The number of hydrogen-bond donors (Lipinski definition) is 0. The van der Waals surface area contributed by atoms with Crippen molar-refractivity contribution in [2.24, 2.45) is 0 Å². The van der Waals surface area contributed by atoms with Crippen LogP contribution < -0.4 is 0 Å². The quantitative estimate of drug-likeness (QED) is 0.794. The molecule has 2 bridgehead atoms. The number of hydrogen-bond acceptors (Lipinski definition) is 3. The first-order valence-corrected chi connectivity index (χ1v) is 9.03. The van der Waals surface area contributed by atoms with Crippen LogP contribution in [0.1, 0.15) is 49.1 Å². The van der Waals surface area contributed by atoms with Crippen molar-refractivity contribution in [2.75, 3.05) is 6.54 Å². The molecule has 1 aliphatic heterocycles. The number of pyridine rings is 2. The van der Waals surface area contributed by atoms with Gasteiger partial charge in [-0.1, -0.05) is 0 Å². The van der Waals surface area contributed by atoms with Crippen LogP contribution in [0.15, 0.2) is 36.8 Å². The Morgan fingerprint density at radius 1 is 1.15 bits per heavy atom. The predicted octanol–water partition coefficient (Wildman–Crippen LogP) is 3.34. The molecule has 4 fully saturated rings. The Labute approximate surface area is 150 Å². The van der Waals surface area contributed by atoms with Gasteiger partial charge in [-0.15, -0.1) is 0 Å². The number of likely N-dealkylation sites (tertiary alicyclic amines) is 1. The molecule has 3 saturated carbocycles. The van der Waals surface area contributed by atoms with Crippen LogP contribution in [0, 0.1) is 11.8 Å². The Balaban J connectivity index is 1.27. The molecule has 3 aliphatic carbocycles. The lowest BCUT2D eigenvalue weighted by Gasteiger charge is -2.74. The van der Waals surface area contributed by atoms with Crippen LogP contribution in [0.5, 0.6) is 0 Å². The van der Waals surface area contributed by atoms with Gasteiger partial charge in [0.1, 0.15) is 0 Å². The molecule has 4 nitrogen and oxygen atoms in total. The number of carbonyl (C=O) groups excluding carboxylic acids is 1. The van der Waals surface area contributed by atoms with E-state index < -0.39 is 11.8 Å². The van der Waals surface area contributed by atoms with Gasteiger partial charge in [-0.25, -0.2) is 9.37 Å². The maximum atomic E-state index is 13.4. The van der Waals surface area contributed by atoms with E-state index in [9.17, 15) is 13.6 Å². The molecular weight excluding hydrogens is 336 g/mol. The van der Waals surface area contributed by atoms with Crippen molar-refractivity contribution in [3.05, 3.63) is 59.7 Å². The Hall–Kier alpha value is -2.37. The number of nitrogens with zero attached hydrogens (tertiary/aromatic N) is 3. The maximum Gasteiger partial charge on any atom is 0.248 e. The number of carbonyl (C=O) groups is 1. The van der Waals surface area contributed by atoms with Gasteiger partial charge in [0.15, 0.2) is 5.82 Å². The highest BCUT2D eigenvalue weighted by atomic mass is 19.2. The summed E-state index contributed by atoms with van der Waals surface area (Å²) in [5, 5.41) is 0. The average molecular weight is 355 g/mol. The minimum atomic E-state index is -1.09. The number of amides is 1. The van der Waals surface area contributed by atoms with Crippen molar-refractivity contribution < 1.29 is 13.6 Å². The van der Waals surface area contributed by atoms with E-state index in [1.165, 1.54) is 17.8 Å². The normalized spacial score (nSPS) is 32.8. The van der Waals surface area contributed by atoms with Gasteiger partial charge in [0.05, 0.1) is 0 Å². The van der Waals surface area contributed by atoms with Gasteiger partial charge < -0.3 is 4.90 Å². The van der Waals surface area contributed by atoms with Gasteiger partial charge in [-0.2, -0.15) is 4.39 Å². The van der Waals surface area contributed by atoms with E-state index in [2.05, 4.69) is 22.1 Å². The molecule has 0 N–H and O–H groups in total. The minimum absolute atomic E-state index is 0.0115. The van der Waals surface area contributed by atoms with Crippen LogP contribution >= 0.6 is 0 Å². The summed E-state index contributed by atoms with van der Waals surface area (Å²) in [7, 11) is 0. The van der Waals surface area contributed by atoms with E-state index in [0.29, 0.717) is 18.5 Å². The van der Waals surface area contributed by atoms with Gasteiger partial charge in [0.2, 0.25) is 11.9 Å². The molecule has 134 valence electrons. The topological polar surface area (TPSA) is 46.1 Å². The van der Waals surface area contributed by atoms with Crippen LogP contribution in [0.4, 0.5) is 8.78 Å². The summed E-state index contributed by atoms with van der Waals surface area (Å²) >= 11 is 0. The monoisotopic (exact) mass is 355 g/mol. The van der Waals surface area contributed by atoms with Gasteiger partial charge in [0.25, 0.3) is 0 Å². The Bertz CT molecular complexity index is 866. The van der Waals surface area contributed by atoms with Crippen molar-refractivity contribution in [3.63, 3.8) is 0 Å². The maximum absolute atomic E-state index is 13.4. The summed E-state index contributed by atoms with van der Waals surface area (Å²) in [5.41, 5.74) is 2.18. The molecule has 2 aromatic heterocycles. The molecule has 4 aliphatic rings. The van der Waals surface area contributed by atoms with E-state index in [1.54, 1.807) is 0 Å². The zero-order valence-corrected chi connectivity index (χ0v) is 14.3. The average Bonchev–Trinajstić information content (AvgIpc) is 2.57. The van der Waals surface area contributed by atoms with Gasteiger partial charge in [-0.05, 0) is 60.9 Å². The van der Waals surface area contributed by atoms with Gasteiger partial charge in [-0.3, -0.25) is 9.78 Å². The third-order valence-electron chi connectivity index (χ3n) is 6.58. The van der Waals surface area contributed by atoms with E-state index in [-0.39, 0.29) is 22.8 Å². The minimum Gasteiger partial charge on any atom is -0.337 e. The highest BCUT2D eigenvalue weighted by Gasteiger charge is 2.71. The summed E-state index contributed by atoms with van der Waals surface area (Å²) in [6.07, 6.45) is 9.18. The first kappa shape index (κ1) is 15.9. The zero-order valence-electron chi connectivity index (χ0n) is 14.3. The second kappa shape index (κ2) is 5.32. The second-order valence-corrected chi connectivity index (χ2v) is 8.05. The Kier molecular flexibility index (Phi) is 3.24. The second-order valence-electron chi connectivity index (χ2n) is 8.05. The SMILES string of the molecule is O=C1CC(c2cnc(F)c(F)c2)CCN1C12CC(c3ccncc3)(C1)C2. The van der Waals surface area contributed by atoms with Crippen LogP contribution in [-0.2, 0) is 10.2 Å². The first-order chi connectivity index (χ1) is 12.5. The first-order valence-electron chi connectivity index (χ1n) is 9.03. The molecule has 1 amide bonds. The standard InChI is InChI=1S/C20H19F2N3O/c21-16-7-14(9-24-18(16)22)13-3-6-25(17(26)8-13)20-10-19(11-20,12-20)15-1-4-23-5-2-15/h1-2,4-5,7,9,13H,3,6,8,10-12H2. The lowest BCUT2D eigenvalue weighted by Crippen LogP contribution is -2.78. The fourth-order valence-corrected chi connectivity index (χ4v) is 5.31. The highest BCUT2D eigenvalue weighted by Crippen LogP contribution is 2.70. The molecule has 0 aromatic carbocycles. The molecule has 2 aromatic rings. The number of piperidine rings is 1. The summed E-state index contributed by atoms with van der Waals surface area (Å²) < 4.78 is 26.5. The molecule has 0 spiro atoms. The molecule has 1 atom stereocenters. The Morgan fingerprint density at radius 3 is 2.54 bits per heavy atom. The third-order valence-corrected chi connectivity index (χ3v) is 6.58. The van der Waals surface area contributed by atoms with Crippen molar-refractivity contribution >= 4 is 5.91 Å². The lowest BCUT2D eigenvalue weighted by atomic mass is 9.37. The van der Waals surface area contributed by atoms with Gasteiger partial charge >= 0.3 is 0 Å². The van der Waals surface area contributed by atoms with E-state index in [1.807, 2.05) is 17.3 Å². The predicted molar refractivity (Wildman–Crippen MR) is 90.3 cm³/mol. The van der Waals surface area contributed by atoms with Crippen molar-refractivity contribution in [1.29, 1.82) is 0 Å². The summed E-state index contributed by atoms with van der Waals surface area (Å²) in [5.74, 6) is -2.00. The summed E-state index contributed by atoms with van der Waals surface area (Å²) in [6, 6.07) is 5.33. The highest BCUT2D eigenvalue weighted by molar-refractivity contribution is 5.80. The molecule has 3 heterocycles. The van der Waals surface area contributed by atoms with Crippen LogP contribution in [0.25, 0.3) is 0 Å². The van der Waals surface area contributed by atoms with Crippen LogP contribution in [0.3, 0.4) is 0 Å². The van der Waals surface area contributed by atoms with Crippen molar-refractivity contribution in [2.45, 2.75) is 49.0 Å². The van der Waals surface area contributed by atoms with Gasteiger partial charge in [0, 0.05) is 42.5 Å². The van der Waals surface area contributed by atoms with E-state index in [4.69, 9.17) is 0 Å².